The molecule has 0 heterocycles. The van der Waals surface area contributed by atoms with Crippen molar-refractivity contribution in [3.8, 4) is 11.5 Å². The van der Waals surface area contributed by atoms with Gasteiger partial charge in [0, 0.05) is 5.56 Å². The minimum atomic E-state index is -0.705. The standard InChI is InChI=1S/C24H29NO5/c1-16-9-14-22(28-3)21(15-16)25-23(26)18-10-12-20(13-11-18)29-17(2)24(27)30-19-7-5-4-6-8-19/h9-15,17,19H,4-8H2,1-3H3,(H,25,26)/t17-/m0/s1. The molecule has 0 aromatic heterocycles. The number of hydrogen-bond donors (Lipinski definition) is 1. The number of benzene rings is 2. The van der Waals surface area contributed by atoms with Gasteiger partial charge in [-0.25, -0.2) is 4.79 Å². The number of methoxy groups -OCH3 is 1. The van der Waals surface area contributed by atoms with Crippen LogP contribution in [0.1, 0.15) is 54.9 Å². The molecule has 0 saturated heterocycles. The van der Waals surface area contributed by atoms with Crippen molar-refractivity contribution in [2.75, 3.05) is 12.4 Å². The van der Waals surface area contributed by atoms with E-state index in [1.807, 2.05) is 25.1 Å². The van der Waals surface area contributed by atoms with E-state index in [1.165, 1.54) is 6.42 Å². The summed E-state index contributed by atoms with van der Waals surface area (Å²) < 4.78 is 16.5. The second kappa shape index (κ2) is 10.1. The fourth-order valence-corrected chi connectivity index (χ4v) is 3.49. The highest BCUT2D eigenvalue weighted by atomic mass is 16.6. The molecule has 0 bridgehead atoms. The number of amides is 1. The Morgan fingerprint density at radius 1 is 1.03 bits per heavy atom. The van der Waals surface area contributed by atoms with E-state index in [1.54, 1.807) is 38.3 Å². The van der Waals surface area contributed by atoms with Crippen molar-refractivity contribution >= 4 is 17.6 Å². The molecule has 0 spiro atoms. The van der Waals surface area contributed by atoms with Gasteiger partial charge in [-0.05, 0) is 81.5 Å². The van der Waals surface area contributed by atoms with Crippen LogP contribution in [0, 0.1) is 6.92 Å². The van der Waals surface area contributed by atoms with Crippen LogP contribution in [0.2, 0.25) is 0 Å². The molecule has 160 valence electrons. The summed E-state index contributed by atoms with van der Waals surface area (Å²) in [6.07, 6.45) is 4.56. The molecule has 1 saturated carbocycles. The van der Waals surface area contributed by atoms with Crippen LogP contribution in [-0.4, -0.2) is 31.2 Å². The summed E-state index contributed by atoms with van der Waals surface area (Å²) in [5.41, 5.74) is 2.11. The Balaban J connectivity index is 1.57. The van der Waals surface area contributed by atoms with Gasteiger partial charge in [-0.15, -0.1) is 0 Å². The van der Waals surface area contributed by atoms with E-state index in [0.29, 0.717) is 22.7 Å². The summed E-state index contributed by atoms with van der Waals surface area (Å²) in [4.78, 5) is 24.8. The van der Waals surface area contributed by atoms with Crippen LogP contribution in [0.5, 0.6) is 11.5 Å². The second-order valence-corrected chi connectivity index (χ2v) is 7.64. The van der Waals surface area contributed by atoms with Gasteiger partial charge in [0.15, 0.2) is 6.10 Å². The normalized spacial score (nSPS) is 15.2. The summed E-state index contributed by atoms with van der Waals surface area (Å²) in [5.74, 6) is 0.498. The van der Waals surface area contributed by atoms with Gasteiger partial charge in [0.1, 0.15) is 17.6 Å². The van der Waals surface area contributed by atoms with Crippen LogP contribution in [0.25, 0.3) is 0 Å². The van der Waals surface area contributed by atoms with Crippen LogP contribution in [0.3, 0.4) is 0 Å². The molecule has 1 fully saturated rings. The van der Waals surface area contributed by atoms with E-state index >= 15 is 0 Å². The molecule has 0 unspecified atom stereocenters. The highest BCUT2D eigenvalue weighted by molar-refractivity contribution is 6.05. The Labute approximate surface area is 177 Å². The molecule has 1 N–H and O–H groups in total. The first-order chi connectivity index (χ1) is 14.5. The van der Waals surface area contributed by atoms with Gasteiger partial charge >= 0.3 is 5.97 Å². The van der Waals surface area contributed by atoms with E-state index in [9.17, 15) is 9.59 Å². The van der Waals surface area contributed by atoms with Crippen molar-refractivity contribution in [2.45, 2.75) is 58.2 Å². The number of anilines is 1. The first-order valence-corrected chi connectivity index (χ1v) is 10.4. The average molecular weight is 411 g/mol. The SMILES string of the molecule is COc1ccc(C)cc1NC(=O)c1ccc(O[C@@H](C)C(=O)OC2CCCCC2)cc1. The van der Waals surface area contributed by atoms with Gasteiger partial charge in [-0.1, -0.05) is 12.5 Å². The largest absolute Gasteiger partial charge is 0.495 e. The lowest BCUT2D eigenvalue weighted by atomic mass is 9.98. The summed E-state index contributed by atoms with van der Waals surface area (Å²) in [7, 11) is 1.56. The topological polar surface area (TPSA) is 73.9 Å². The number of carbonyl (C=O) groups is 2. The molecule has 1 aliphatic rings. The zero-order valence-electron chi connectivity index (χ0n) is 17.8. The molecule has 3 rings (SSSR count). The molecular weight excluding hydrogens is 382 g/mol. The molecule has 0 radical (unpaired) electrons. The maximum atomic E-state index is 12.6. The number of esters is 1. The molecule has 1 atom stereocenters. The fraction of sp³-hybridized carbons (Fsp3) is 0.417. The number of hydrogen-bond acceptors (Lipinski definition) is 5. The number of nitrogens with one attached hydrogen (secondary N) is 1. The molecule has 1 amide bonds. The molecule has 0 aliphatic heterocycles. The Kier molecular flexibility index (Phi) is 7.33. The maximum Gasteiger partial charge on any atom is 0.347 e. The Bertz CT molecular complexity index is 872. The third-order valence-corrected chi connectivity index (χ3v) is 5.20. The van der Waals surface area contributed by atoms with Crippen molar-refractivity contribution in [3.63, 3.8) is 0 Å². The smallest absolute Gasteiger partial charge is 0.347 e. The monoisotopic (exact) mass is 411 g/mol. The highest BCUT2D eigenvalue weighted by Crippen LogP contribution is 2.26. The van der Waals surface area contributed by atoms with E-state index < -0.39 is 6.10 Å². The number of ether oxygens (including phenoxy) is 3. The Morgan fingerprint density at radius 3 is 2.40 bits per heavy atom. The highest BCUT2D eigenvalue weighted by Gasteiger charge is 2.23. The first-order valence-electron chi connectivity index (χ1n) is 10.4. The number of rotatable bonds is 7. The Morgan fingerprint density at radius 2 is 1.73 bits per heavy atom. The van der Waals surface area contributed by atoms with Crippen LogP contribution in [-0.2, 0) is 9.53 Å². The van der Waals surface area contributed by atoms with Gasteiger partial charge in [0.25, 0.3) is 5.91 Å². The molecule has 2 aromatic rings. The molecule has 6 heteroatoms. The minimum Gasteiger partial charge on any atom is -0.495 e. The van der Waals surface area contributed by atoms with Gasteiger partial charge in [0.05, 0.1) is 12.8 Å². The van der Waals surface area contributed by atoms with Crippen LogP contribution >= 0.6 is 0 Å². The third-order valence-electron chi connectivity index (χ3n) is 5.20. The van der Waals surface area contributed by atoms with E-state index in [2.05, 4.69) is 5.32 Å². The van der Waals surface area contributed by atoms with Gasteiger partial charge in [0.2, 0.25) is 0 Å². The third kappa shape index (κ3) is 5.75. The van der Waals surface area contributed by atoms with Crippen LogP contribution < -0.4 is 14.8 Å². The summed E-state index contributed by atoms with van der Waals surface area (Å²) >= 11 is 0. The van der Waals surface area contributed by atoms with Crippen molar-refractivity contribution in [3.05, 3.63) is 53.6 Å². The van der Waals surface area contributed by atoms with Gasteiger partial charge in [-0.3, -0.25) is 4.79 Å². The van der Waals surface area contributed by atoms with Gasteiger partial charge in [-0.2, -0.15) is 0 Å². The lowest BCUT2D eigenvalue weighted by molar-refractivity contribution is -0.158. The zero-order valence-corrected chi connectivity index (χ0v) is 17.8. The lowest BCUT2D eigenvalue weighted by Gasteiger charge is -2.23. The lowest BCUT2D eigenvalue weighted by Crippen LogP contribution is -2.31. The molecular formula is C24H29NO5. The average Bonchev–Trinajstić information content (AvgIpc) is 2.75. The summed E-state index contributed by atoms with van der Waals surface area (Å²) in [6.45, 7) is 3.62. The molecule has 30 heavy (non-hydrogen) atoms. The predicted molar refractivity (Wildman–Crippen MR) is 115 cm³/mol. The number of carbonyl (C=O) groups excluding carboxylic acids is 2. The minimum absolute atomic E-state index is 0.00184. The maximum absolute atomic E-state index is 12.6. The van der Waals surface area contributed by atoms with Crippen LogP contribution in [0.15, 0.2) is 42.5 Å². The summed E-state index contributed by atoms with van der Waals surface area (Å²) in [5, 5.41) is 2.86. The molecule has 6 nitrogen and oxygen atoms in total. The Hall–Kier alpha value is -3.02. The van der Waals surface area contributed by atoms with Gasteiger partial charge < -0.3 is 19.5 Å². The predicted octanol–water partition coefficient (Wildman–Crippen LogP) is 4.90. The van der Waals surface area contributed by atoms with Crippen molar-refractivity contribution in [2.24, 2.45) is 0 Å². The zero-order chi connectivity index (χ0) is 21.5. The number of aryl methyl sites for hydroxylation is 1. The second-order valence-electron chi connectivity index (χ2n) is 7.64. The quantitative estimate of drug-likeness (QED) is 0.656. The van der Waals surface area contributed by atoms with E-state index in [0.717, 1.165) is 31.2 Å². The van der Waals surface area contributed by atoms with Crippen molar-refractivity contribution < 1.29 is 23.8 Å². The molecule has 2 aromatic carbocycles. The summed E-state index contributed by atoms with van der Waals surface area (Å²) in [6, 6.07) is 12.3. The molecule has 1 aliphatic carbocycles. The fourth-order valence-electron chi connectivity index (χ4n) is 3.49. The van der Waals surface area contributed by atoms with E-state index in [4.69, 9.17) is 14.2 Å². The first kappa shape index (κ1) is 21.7. The van der Waals surface area contributed by atoms with Crippen molar-refractivity contribution in [1.82, 2.24) is 0 Å². The van der Waals surface area contributed by atoms with E-state index in [-0.39, 0.29) is 18.0 Å². The van der Waals surface area contributed by atoms with Crippen molar-refractivity contribution in [1.29, 1.82) is 0 Å². The van der Waals surface area contributed by atoms with Crippen LogP contribution in [0.4, 0.5) is 5.69 Å².